The molecule has 0 aliphatic carbocycles. The molecule has 3 rings (SSSR count). The zero-order valence-corrected chi connectivity index (χ0v) is 13.0. The van der Waals surface area contributed by atoms with E-state index in [4.69, 9.17) is 11.1 Å². The standard InChI is InChI=1S/C14H13N5S2/c1-2-11-18-14(21-19-11)20-12-7-9(13(15)16)8-5-3-4-6-10(8)17-12/h3-7H,2H2,1H3,(H3,15,16). The number of nitrogens with zero attached hydrogens (tertiary/aromatic N) is 3. The highest BCUT2D eigenvalue weighted by Gasteiger charge is 2.11. The Morgan fingerprint density at radius 3 is 2.86 bits per heavy atom. The molecule has 0 atom stereocenters. The van der Waals surface area contributed by atoms with Crippen molar-refractivity contribution in [1.29, 1.82) is 5.41 Å². The van der Waals surface area contributed by atoms with Crippen molar-refractivity contribution in [1.82, 2.24) is 14.3 Å². The number of hydrogen-bond acceptors (Lipinski definition) is 6. The summed E-state index contributed by atoms with van der Waals surface area (Å²) in [6, 6.07) is 9.52. The van der Waals surface area contributed by atoms with Crippen LogP contribution < -0.4 is 5.73 Å². The van der Waals surface area contributed by atoms with Gasteiger partial charge in [-0.3, -0.25) is 5.41 Å². The van der Waals surface area contributed by atoms with Crippen LogP contribution in [0.2, 0.25) is 0 Å². The van der Waals surface area contributed by atoms with Gasteiger partial charge in [0, 0.05) is 17.4 Å². The Morgan fingerprint density at radius 2 is 2.14 bits per heavy atom. The molecular weight excluding hydrogens is 302 g/mol. The molecule has 3 aromatic rings. The van der Waals surface area contributed by atoms with Crippen molar-refractivity contribution in [3.8, 4) is 0 Å². The Morgan fingerprint density at radius 1 is 1.33 bits per heavy atom. The average molecular weight is 315 g/mol. The molecule has 106 valence electrons. The SMILES string of the molecule is CCc1nsc(Sc2cc(C(=N)N)c3ccccc3n2)n1. The van der Waals surface area contributed by atoms with Crippen LogP contribution in [-0.4, -0.2) is 20.2 Å². The van der Waals surface area contributed by atoms with Gasteiger partial charge in [-0.05, 0) is 35.4 Å². The van der Waals surface area contributed by atoms with Gasteiger partial charge in [0.05, 0.1) is 5.52 Å². The lowest BCUT2D eigenvalue weighted by molar-refractivity contribution is 0.970. The first-order valence-corrected chi connectivity index (χ1v) is 8.01. The number of hydrogen-bond donors (Lipinski definition) is 2. The van der Waals surface area contributed by atoms with Crippen LogP contribution in [0.25, 0.3) is 10.9 Å². The Labute approximate surface area is 130 Å². The highest BCUT2D eigenvalue weighted by Crippen LogP contribution is 2.30. The first-order valence-electron chi connectivity index (χ1n) is 6.42. The lowest BCUT2D eigenvalue weighted by atomic mass is 10.1. The van der Waals surface area contributed by atoms with Crippen LogP contribution >= 0.6 is 23.3 Å². The molecule has 5 nitrogen and oxygen atoms in total. The number of pyridine rings is 1. The molecule has 0 radical (unpaired) electrons. The predicted octanol–water partition coefficient (Wildman–Crippen LogP) is 3.08. The topological polar surface area (TPSA) is 88.5 Å². The molecule has 0 amide bonds. The van der Waals surface area contributed by atoms with Gasteiger partial charge in [0.1, 0.15) is 16.7 Å². The second kappa shape index (κ2) is 5.79. The Hall–Kier alpha value is -1.99. The summed E-state index contributed by atoms with van der Waals surface area (Å²) in [7, 11) is 0. The van der Waals surface area contributed by atoms with Crippen molar-refractivity contribution in [2.45, 2.75) is 22.7 Å². The molecule has 0 spiro atoms. The van der Waals surface area contributed by atoms with Gasteiger partial charge in [0.15, 0.2) is 4.34 Å². The maximum Gasteiger partial charge on any atom is 0.176 e. The molecule has 2 heterocycles. The number of aryl methyl sites for hydroxylation is 1. The number of rotatable bonds is 4. The minimum absolute atomic E-state index is 0.0435. The van der Waals surface area contributed by atoms with E-state index in [2.05, 4.69) is 14.3 Å². The highest BCUT2D eigenvalue weighted by atomic mass is 32.2. The van der Waals surface area contributed by atoms with Crippen molar-refractivity contribution in [3.63, 3.8) is 0 Å². The zero-order valence-electron chi connectivity index (χ0n) is 11.3. The minimum atomic E-state index is 0.0435. The zero-order chi connectivity index (χ0) is 14.8. The van der Waals surface area contributed by atoms with E-state index in [1.165, 1.54) is 23.3 Å². The van der Waals surface area contributed by atoms with Gasteiger partial charge in [0.2, 0.25) is 0 Å². The van der Waals surface area contributed by atoms with E-state index in [-0.39, 0.29) is 5.84 Å². The maximum atomic E-state index is 7.74. The fourth-order valence-corrected chi connectivity index (χ4v) is 3.61. The molecule has 0 aliphatic rings. The van der Waals surface area contributed by atoms with Crippen LogP contribution in [0, 0.1) is 5.41 Å². The molecule has 3 N–H and O–H groups in total. The smallest absolute Gasteiger partial charge is 0.176 e. The fourth-order valence-electron chi connectivity index (χ4n) is 1.94. The van der Waals surface area contributed by atoms with Crippen LogP contribution in [0.3, 0.4) is 0 Å². The monoisotopic (exact) mass is 315 g/mol. The molecule has 2 aromatic heterocycles. The third kappa shape index (κ3) is 2.88. The molecule has 0 bridgehead atoms. The van der Waals surface area contributed by atoms with E-state index >= 15 is 0 Å². The Balaban J connectivity index is 2.04. The van der Waals surface area contributed by atoms with Gasteiger partial charge < -0.3 is 5.73 Å². The van der Waals surface area contributed by atoms with Gasteiger partial charge in [-0.2, -0.15) is 4.37 Å². The van der Waals surface area contributed by atoms with E-state index in [1.807, 2.05) is 37.3 Å². The number of para-hydroxylation sites is 1. The molecule has 7 heteroatoms. The second-order valence-electron chi connectivity index (χ2n) is 4.37. The minimum Gasteiger partial charge on any atom is -0.384 e. The number of benzene rings is 1. The summed E-state index contributed by atoms with van der Waals surface area (Å²) >= 11 is 2.82. The number of nitrogens with one attached hydrogen (secondary N) is 1. The molecule has 21 heavy (non-hydrogen) atoms. The number of nitrogen functional groups attached to an aromatic ring is 1. The fraction of sp³-hybridized carbons (Fsp3) is 0.143. The van der Waals surface area contributed by atoms with Crippen molar-refractivity contribution >= 4 is 40.0 Å². The van der Waals surface area contributed by atoms with Gasteiger partial charge in [0.25, 0.3) is 0 Å². The van der Waals surface area contributed by atoms with Crippen LogP contribution in [0.15, 0.2) is 39.7 Å². The maximum absolute atomic E-state index is 7.74. The van der Waals surface area contributed by atoms with Crippen LogP contribution in [0.5, 0.6) is 0 Å². The first-order chi connectivity index (χ1) is 10.2. The summed E-state index contributed by atoms with van der Waals surface area (Å²) in [6.45, 7) is 2.03. The van der Waals surface area contributed by atoms with Gasteiger partial charge >= 0.3 is 0 Å². The number of fused-ring (bicyclic) bond motifs is 1. The van der Waals surface area contributed by atoms with E-state index in [1.54, 1.807) is 0 Å². The summed E-state index contributed by atoms with van der Waals surface area (Å²) in [5.74, 6) is 0.886. The van der Waals surface area contributed by atoms with Gasteiger partial charge in [-0.1, -0.05) is 25.1 Å². The van der Waals surface area contributed by atoms with E-state index < -0.39 is 0 Å². The first kappa shape index (κ1) is 14.0. The third-order valence-corrected chi connectivity index (χ3v) is 4.65. The highest BCUT2D eigenvalue weighted by molar-refractivity contribution is 8.00. The van der Waals surface area contributed by atoms with E-state index in [9.17, 15) is 0 Å². The van der Waals surface area contributed by atoms with Crippen molar-refractivity contribution in [3.05, 3.63) is 41.7 Å². The number of amidine groups is 1. The third-order valence-electron chi connectivity index (χ3n) is 2.94. The number of aromatic nitrogens is 3. The largest absolute Gasteiger partial charge is 0.384 e. The average Bonchev–Trinajstić information content (AvgIpc) is 2.94. The van der Waals surface area contributed by atoms with Crippen LogP contribution in [0.1, 0.15) is 18.3 Å². The summed E-state index contributed by atoms with van der Waals surface area (Å²) in [4.78, 5) is 9.02. The molecule has 0 aliphatic heterocycles. The molecule has 0 saturated carbocycles. The molecule has 0 saturated heterocycles. The quantitative estimate of drug-likeness (QED) is 0.570. The predicted molar refractivity (Wildman–Crippen MR) is 86.2 cm³/mol. The molecule has 0 unspecified atom stereocenters. The second-order valence-corrected chi connectivity index (χ2v) is 6.39. The van der Waals surface area contributed by atoms with Crippen LogP contribution in [-0.2, 0) is 6.42 Å². The normalized spacial score (nSPS) is 10.9. The number of nitrogens with two attached hydrogens (primary N) is 1. The summed E-state index contributed by atoms with van der Waals surface area (Å²) in [6.07, 6.45) is 0.820. The van der Waals surface area contributed by atoms with Gasteiger partial charge in [-0.15, -0.1) is 0 Å². The van der Waals surface area contributed by atoms with Crippen molar-refractivity contribution in [2.24, 2.45) is 5.73 Å². The van der Waals surface area contributed by atoms with E-state index in [0.29, 0.717) is 5.56 Å². The van der Waals surface area contributed by atoms with Gasteiger partial charge in [-0.25, -0.2) is 9.97 Å². The summed E-state index contributed by atoms with van der Waals surface area (Å²) in [5, 5.41) is 9.41. The lowest BCUT2D eigenvalue weighted by Crippen LogP contribution is -2.12. The molecule has 1 aromatic carbocycles. The van der Waals surface area contributed by atoms with Crippen LogP contribution in [0.4, 0.5) is 0 Å². The van der Waals surface area contributed by atoms with Crippen molar-refractivity contribution < 1.29 is 0 Å². The summed E-state index contributed by atoms with van der Waals surface area (Å²) < 4.78 is 5.12. The van der Waals surface area contributed by atoms with Crippen molar-refractivity contribution in [2.75, 3.05) is 0 Å². The van der Waals surface area contributed by atoms with E-state index in [0.717, 1.165) is 32.5 Å². The molecule has 0 fully saturated rings. The Bertz CT molecular complexity index is 812. The summed E-state index contributed by atoms with van der Waals surface area (Å²) in [5.41, 5.74) is 7.21. The lowest BCUT2D eigenvalue weighted by Gasteiger charge is -2.07. The molecular formula is C14H13N5S2. The Kier molecular flexibility index (Phi) is 3.85.